The summed E-state index contributed by atoms with van der Waals surface area (Å²) in [5, 5.41) is 20.4. The van der Waals surface area contributed by atoms with Crippen molar-refractivity contribution in [1.29, 1.82) is 0 Å². The first kappa shape index (κ1) is 25.4. The molecule has 2 amide bonds. The highest BCUT2D eigenvalue weighted by atomic mass is 16.5. The first-order chi connectivity index (χ1) is 16.8. The number of ether oxygens (including phenoxy) is 1. The van der Waals surface area contributed by atoms with Crippen molar-refractivity contribution < 1.29 is 29.3 Å². The van der Waals surface area contributed by atoms with Gasteiger partial charge in [0.05, 0.1) is 30.6 Å². The number of hydrogen-bond donors (Lipinski definition) is 2. The molecule has 8 heteroatoms. The van der Waals surface area contributed by atoms with Gasteiger partial charge in [-0.05, 0) is 38.2 Å². The average molecular weight is 485 g/mol. The molecule has 1 aromatic rings. The Morgan fingerprint density at radius 3 is 2.66 bits per heavy atom. The minimum absolute atomic E-state index is 0.0894. The monoisotopic (exact) mass is 484 g/mol. The van der Waals surface area contributed by atoms with Crippen molar-refractivity contribution in [3.05, 3.63) is 48.6 Å². The molecule has 0 aliphatic carbocycles. The van der Waals surface area contributed by atoms with E-state index < -0.39 is 47.5 Å². The van der Waals surface area contributed by atoms with Crippen molar-refractivity contribution in [2.45, 2.75) is 75.8 Å². The van der Waals surface area contributed by atoms with Crippen LogP contribution in [0.5, 0.6) is 0 Å². The molecule has 8 nitrogen and oxygen atoms in total. The molecule has 0 saturated carbocycles. The fourth-order valence-electron chi connectivity index (χ4n) is 6.54. The third-order valence-corrected chi connectivity index (χ3v) is 8.02. The molecule has 190 valence electrons. The first-order valence-electron chi connectivity index (χ1n) is 12.6. The number of fused-ring (bicyclic) bond motifs is 1. The summed E-state index contributed by atoms with van der Waals surface area (Å²) >= 11 is 0. The predicted octanol–water partition coefficient (Wildman–Crippen LogP) is 2.25. The Balaban J connectivity index is 1.78. The molecular formula is C27H36N2O6. The molecule has 0 aromatic heterocycles. The third kappa shape index (κ3) is 4.16. The smallest absolute Gasteiger partial charge is 0.310 e. The van der Waals surface area contributed by atoms with E-state index in [9.17, 15) is 24.6 Å². The molecule has 1 aromatic carbocycles. The van der Waals surface area contributed by atoms with Crippen LogP contribution in [0.4, 0.5) is 0 Å². The highest BCUT2D eigenvalue weighted by Crippen LogP contribution is 2.59. The number of likely N-dealkylation sites (tertiary alicyclic amines) is 1. The maximum absolute atomic E-state index is 14.3. The largest absolute Gasteiger partial charge is 0.481 e. The summed E-state index contributed by atoms with van der Waals surface area (Å²) in [5.41, 5.74) is -0.278. The molecule has 4 rings (SSSR count). The molecular weight excluding hydrogens is 448 g/mol. The molecule has 2 N–H and O–H groups in total. The molecule has 1 spiro atoms. The minimum Gasteiger partial charge on any atom is -0.481 e. The molecule has 2 bridgehead atoms. The van der Waals surface area contributed by atoms with E-state index in [1.54, 1.807) is 11.0 Å². The molecule has 3 aliphatic rings. The zero-order chi connectivity index (χ0) is 25.3. The van der Waals surface area contributed by atoms with Crippen LogP contribution in [-0.2, 0) is 25.5 Å². The second kappa shape index (κ2) is 10.1. The third-order valence-electron chi connectivity index (χ3n) is 8.02. The summed E-state index contributed by atoms with van der Waals surface area (Å²) in [6, 6.07) is 7.72. The van der Waals surface area contributed by atoms with E-state index >= 15 is 0 Å². The summed E-state index contributed by atoms with van der Waals surface area (Å²) in [5.74, 6) is -3.68. The van der Waals surface area contributed by atoms with E-state index in [4.69, 9.17) is 4.74 Å². The van der Waals surface area contributed by atoms with E-state index in [1.807, 2.05) is 44.2 Å². The summed E-state index contributed by atoms with van der Waals surface area (Å²) in [4.78, 5) is 43.6. The number of benzene rings is 1. The molecule has 3 fully saturated rings. The minimum atomic E-state index is -1.20. The molecule has 3 saturated heterocycles. The van der Waals surface area contributed by atoms with Crippen molar-refractivity contribution in [2.24, 2.45) is 11.8 Å². The normalized spacial score (nSPS) is 30.7. The van der Waals surface area contributed by atoms with Crippen LogP contribution in [0.3, 0.4) is 0 Å². The van der Waals surface area contributed by atoms with Crippen LogP contribution >= 0.6 is 0 Å². The first-order valence-corrected chi connectivity index (χ1v) is 12.6. The standard InChI is InChI=1S/C27H36N2O6/c1-4-9-17(3)28(14-5-2)25(32)23-27-13-12-20(35-27)21(26(33)34)22(27)24(31)29(23)19(16-30)15-18-10-7-6-8-11-18/h5-8,10-11,17,19-23,30H,2,4,9,12-16H2,1,3H3,(H,33,34)/t17?,19-,20+,21-,22-,23+,27-/m1/s1. The van der Waals surface area contributed by atoms with Gasteiger partial charge >= 0.3 is 5.97 Å². The molecule has 3 aliphatic heterocycles. The Kier molecular flexibility index (Phi) is 7.33. The Morgan fingerprint density at radius 2 is 2.06 bits per heavy atom. The van der Waals surface area contributed by atoms with Gasteiger partial charge in [-0.15, -0.1) is 6.58 Å². The maximum atomic E-state index is 14.3. The highest BCUT2D eigenvalue weighted by molar-refractivity contribution is 5.98. The summed E-state index contributed by atoms with van der Waals surface area (Å²) in [7, 11) is 0. The van der Waals surface area contributed by atoms with Crippen LogP contribution in [-0.4, -0.2) is 80.8 Å². The number of carbonyl (C=O) groups is 3. The van der Waals surface area contributed by atoms with Crippen molar-refractivity contribution in [3.63, 3.8) is 0 Å². The topological polar surface area (TPSA) is 107 Å². The number of rotatable bonds is 11. The molecule has 35 heavy (non-hydrogen) atoms. The van der Waals surface area contributed by atoms with Crippen LogP contribution in [0.1, 0.15) is 45.1 Å². The van der Waals surface area contributed by atoms with Crippen LogP contribution < -0.4 is 0 Å². The number of aliphatic hydroxyl groups is 1. The summed E-state index contributed by atoms with van der Waals surface area (Å²) < 4.78 is 6.31. The van der Waals surface area contributed by atoms with Crippen LogP contribution in [0.25, 0.3) is 0 Å². The van der Waals surface area contributed by atoms with Crippen molar-refractivity contribution >= 4 is 17.8 Å². The summed E-state index contributed by atoms with van der Waals surface area (Å²) in [6.07, 6.45) is 4.04. The van der Waals surface area contributed by atoms with Gasteiger partial charge in [-0.3, -0.25) is 14.4 Å². The van der Waals surface area contributed by atoms with Crippen LogP contribution in [0.2, 0.25) is 0 Å². The fourth-order valence-corrected chi connectivity index (χ4v) is 6.54. The van der Waals surface area contributed by atoms with Gasteiger partial charge in [0, 0.05) is 12.6 Å². The SMILES string of the molecule is C=CCN(C(=O)[C@@H]1N([C@@H](CO)Cc2ccccc2)C(=O)[C@H]2[C@H](C(=O)O)[C@@H]3CC[C@]12O3)C(C)CCC. The number of aliphatic hydroxyl groups excluding tert-OH is 1. The fraction of sp³-hybridized carbons (Fsp3) is 0.593. The van der Waals surface area contributed by atoms with E-state index in [2.05, 4.69) is 6.58 Å². The lowest BCUT2D eigenvalue weighted by Crippen LogP contribution is -2.60. The lowest BCUT2D eigenvalue weighted by Gasteiger charge is -2.41. The van der Waals surface area contributed by atoms with Crippen LogP contribution in [0.15, 0.2) is 43.0 Å². The zero-order valence-electron chi connectivity index (χ0n) is 20.5. The predicted molar refractivity (Wildman–Crippen MR) is 129 cm³/mol. The van der Waals surface area contributed by atoms with E-state index in [0.717, 1.165) is 18.4 Å². The van der Waals surface area contributed by atoms with Gasteiger partial charge < -0.3 is 24.7 Å². The highest BCUT2D eigenvalue weighted by Gasteiger charge is 2.75. The van der Waals surface area contributed by atoms with E-state index in [1.165, 1.54) is 4.90 Å². The number of carbonyl (C=O) groups excluding carboxylic acids is 2. The Bertz CT molecular complexity index is 968. The molecule has 3 heterocycles. The number of carboxylic acid groups (broad SMARTS) is 1. The van der Waals surface area contributed by atoms with Gasteiger partial charge in [0.15, 0.2) is 0 Å². The zero-order valence-corrected chi connectivity index (χ0v) is 20.5. The molecule has 1 unspecified atom stereocenters. The quantitative estimate of drug-likeness (QED) is 0.467. The summed E-state index contributed by atoms with van der Waals surface area (Å²) in [6.45, 7) is 7.81. The number of carboxylic acids is 1. The van der Waals surface area contributed by atoms with Crippen molar-refractivity contribution in [1.82, 2.24) is 9.80 Å². The van der Waals surface area contributed by atoms with Crippen LogP contribution in [0, 0.1) is 11.8 Å². The van der Waals surface area contributed by atoms with Gasteiger partial charge in [0.25, 0.3) is 0 Å². The second-order valence-corrected chi connectivity index (χ2v) is 10.1. The Labute approximate surface area is 206 Å². The number of amides is 2. The molecule has 7 atom stereocenters. The van der Waals surface area contributed by atoms with Gasteiger partial charge in [-0.25, -0.2) is 0 Å². The maximum Gasteiger partial charge on any atom is 0.310 e. The number of aliphatic carboxylic acids is 1. The molecule has 0 radical (unpaired) electrons. The Morgan fingerprint density at radius 1 is 1.34 bits per heavy atom. The lowest BCUT2D eigenvalue weighted by molar-refractivity contribution is -0.154. The average Bonchev–Trinajstić information content (AvgIpc) is 3.49. The second-order valence-electron chi connectivity index (χ2n) is 10.1. The Hall–Kier alpha value is -2.71. The number of hydrogen-bond acceptors (Lipinski definition) is 5. The lowest BCUT2D eigenvalue weighted by atomic mass is 9.70. The van der Waals surface area contributed by atoms with E-state index in [0.29, 0.717) is 25.8 Å². The number of nitrogens with zero attached hydrogens (tertiary/aromatic N) is 2. The van der Waals surface area contributed by atoms with Gasteiger partial charge in [0.2, 0.25) is 11.8 Å². The van der Waals surface area contributed by atoms with Gasteiger partial charge in [-0.2, -0.15) is 0 Å². The van der Waals surface area contributed by atoms with Crippen molar-refractivity contribution in [2.75, 3.05) is 13.2 Å². The van der Waals surface area contributed by atoms with E-state index in [-0.39, 0.29) is 18.6 Å². The van der Waals surface area contributed by atoms with Gasteiger partial charge in [0.1, 0.15) is 11.6 Å². The van der Waals surface area contributed by atoms with Crippen molar-refractivity contribution in [3.8, 4) is 0 Å². The van der Waals surface area contributed by atoms with Gasteiger partial charge in [-0.1, -0.05) is 49.8 Å².